The van der Waals surface area contributed by atoms with Gasteiger partial charge in [0.05, 0.1) is 0 Å². The second-order valence-electron chi connectivity index (χ2n) is 3.21. The topological polar surface area (TPSA) is 41.9 Å². The molecule has 2 rings (SSSR count). The van der Waals surface area contributed by atoms with Gasteiger partial charge in [-0.15, -0.1) is 0 Å². The smallest absolute Gasteiger partial charge is 0.150 e. The van der Waals surface area contributed by atoms with Crippen LogP contribution in [-0.2, 0) is 7.05 Å². The predicted octanol–water partition coefficient (Wildman–Crippen LogP) is 1.04. The normalized spacial score (nSPS) is 16.2. The largest absolute Gasteiger partial charge is 0.373 e. The van der Waals surface area contributed by atoms with Crippen molar-refractivity contribution >= 4 is 11.6 Å². The lowest BCUT2D eigenvalue weighted by atomic mass is 10.5. The summed E-state index contributed by atoms with van der Waals surface area (Å²) in [6.07, 6.45) is 2.57. The molecule has 66 valence electrons. The fourth-order valence-electron chi connectivity index (χ4n) is 1.21. The molecule has 4 nitrogen and oxygen atoms in total. The molecule has 0 aliphatic heterocycles. The fraction of sp³-hybridized carbons (Fsp3) is 0.625. The summed E-state index contributed by atoms with van der Waals surface area (Å²) in [5.41, 5.74) is 0. The molecule has 0 amide bonds. The maximum Gasteiger partial charge on any atom is 0.150 e. The average molecular weight is 166 g/mol. The molecule has 0 saturated heterocycles. The average Bonchev–Trinajstić information content (AvgIpc) is 2.76. The van der Waals surface area contributed by atoms with Crippen LogP contribution >= 0.6 is 0 Å². The summed E-state index contributed by atoms with van der Waals surface area (Å²) >= 11 is 0. The molecule has 4 heteroatoms. The van der Waals surface area contributed by atoms with Gasteiger partial charge in [-0.3, -0.25) is 4.68 Å². The number of nitrogens with zero attached hydrogens (tertiary/aromatic N) is 2. The fourth-order valence-corrected chi connectivity index (χ4v) is 1.21. The molecule has 1 saturated carbocycles. The molecule has 0 bridgehead atoms. The number of hydrogen-bond acceptors (Lipinski definition) is 3. The molecule has 1 fully saturated rings. The first-order chi connectivity index (χ1) is 5.79. The van der Waals surface area contributed by atoms with E-state index < -0.39 is 0 Å². The summed E-state index contributed by atoms with van der Waals surface area (Å²) in [5, 5.41) is 10.7. The van der Waals surface area contributed by atoms with E-state index in [1.54, 1.807) is 0 Å². The highest BCUT2D eigenvalue weighted by molar-refractivity contribution is 5.49. The van der Waals surface area contributed by atoms with Crippen molar-refractivity contribution in [2.75, 3.05) is 17.7 Å². The second-order valence-corrected chi connectivity index (χ2v) is 3.21. The molecule has 0 aromatic carbocycles. The van der Waals surface area contributed by atoms with Crippen molar-refractivity contribution in [3.8, 4) is 0 Å². The van der Waals surface area contributed by atoms with E-state index in [2.05, 4.69) is 15.7 Å². The quantitative estimate of drug-likeness (QED) is 0.705. The van der Waals surface area contributed by atoms with E-state index in [0.29, 0.717) is 6.04 Å². The Balaban J connectivity index is 2.10. The summed E-state index contributed by atoms with van der Waals surface area (Å²) in [5.74, 6) is 2.02. The molecule has 0 radical (unpaired) electrons. The highest BCUT2D eigenvalue weighted by Gasteiger charge is 2.21. The number of anilines is 2. The number of nitrogens with one attached hydrogen (secondary N) is 2. The van der Waals surface area contributed by atoms with Crippen molar-refractivity contribution in [3.05, 3.63) is 6.07 Å². The Morgan fingerprint density at radius 1 is 1.58 bits per heavy atom. The highest BCUT2D eigenvalue weighted by atomic mass is 15.3. The van der Waals surface area contributed by atoms with E-state index in [0.717, 1.165) is 11.6 Å². The van der Waals surface area contributed by atoms with Gasteiger partial charge in [0.2, 0.25) is 0 Å². The summed E-state index contributed by atoms with van der Waals surface area (Å²) < 4.78 is 1.84. The zero-order valence-electron chi connectivity index (χ0n) is 7.46. The number of rotatable bonds is 3. The van der Waals surface area contributed by atoms with Crippen molar-refractivity contribution in [1.29, 1.82) is 0 Å². The molecule has 1 aliphatic carbocycles. The van der Waals surface area contributed by atoms with Gasteiger partial charge in [-0.25, -0.2) is 0 Å². The molecular weight excluding hydrogens is 152 g/mol. The van der Waals surface area contributed by atoms with E-state index in [9.17, 15) is 0 Å². The monoisotopic (exact) mass is 166 g/mol. The van der Waals surface area contributed by atoms with Gasteiger partial charge >= 0.3 is 0 Å². The molecule has 0 spiro atoms. The Kier molecular flexibility index (Phi) is 1.67. The van der Waals surface area contributed by atoms with Crippen molar-refractivity contribution in [1.82, 2.24) is 9.78 Å². The molecule has 1 heterocycles. The Labute approximate surface area is 72.0 Å². The van der Waals surface area contributed by atoms with Crippen molar-refractivity contribution in [2.45, 2.75) is 18.9 Å². The number of aryl methyl sites for hydroxylation is 1. The first-order valence-electron chi connectivity index (χ1n) is 4.28. The lowest BCUT2D eigenvalue weighted by Gasteiger charge is -1.96. The van der Waals surface area contributed by atoms with Crippen LogP contribution in [-0.4, -0.2) is 22.9 Å². The second kappa shape index (κ2) is 2.69. The minimum Gasteiger partial charge on any atom is -0.373 e. The van der Waals surface area contributed by atoms with Gasteiger partial charge in [0.25, 0.3) is 0 Å². The van der Waals surface area contributed by atoms with Crippen LogP contribution in [0.1, 0.15) is 12.8 Å². The minimum atomic E-state index is 0.671. The van der Waals surface area contributed by atoms with Crippen LogP contribution in [0.5, 0.6) is 0 Å². The third-order valence-corrected chi connectivity index (χ3v) is 2.07. The van der Waals surface area contributed by atoms with E-state index in [-0.39, 0.29) is 0 Å². The Bertz CT molecular complexity index is 275. The van der Waals surface area contributed by atoms with Gasteiger partial charge in [0, 0.05) is 26.2 Å². The van der Waals surface area contributed by atoms with Crippen LogP contribution in [0.25, 0.3) is 0 Å². The Hall–Kier alpha value is -1.19. The van der Waals surface area contributed by atoms with E-state index in [1.165, 1.54) is 12.8 Å². The zero-order chi connectivity index (χ0) is 8.55. The summed E-state index contributed by atoms with van der Waals surface area (Å²) in [6.45, 7) is 0. The molecule has 12 heavy (non-hydrogen) atoms. The Morgan fingerprint density at radius 3 is 2.83 bits per heavy atom. The van der Waals surface area contributed by atoms with Gasteiger partial charge in [-0.1, -0.05) is 0 Å². The minimum absolute atomic E-state index is 0.671. The number of aromatic nitrogens is 2. The third-order valence-electron chi connectivity index (χ3n) is 2.07. The summed E-state index contributed by atoms with van der Waals surface area (Å²) in [6, 6.07) is 2.70. The standard InChI is InChI=1S/C8H14N4/c1-9-8-5-7(11-12(8)2)10-6-3-4-6/h5-6,9H,3-4H2,1-2H3,(H,10,11). The van der Waals surface area contributed by atoms with Gasteiger partial charge < -0.3 is 10.6 Å². The highest BCUT2D eigenvalue weighted by Crippen LogP contribution is 2.24. The van der Waals surface area contributed by atoms with E-state index in [4.69, 9.17) is 0 Å². The lowest BCUT2D eigenvalue weighted by Crippen LogP contribution is -2.02. The van der Waals surface area contributed by atoms with Crippen LogP contribution in [0, 0.1) is 0 Å². The lowest BCUT2D eigenvalue weighted by molar-refractivity contribution is 0.775. The van der Waals surface area contributed by atoms with Crippen LogP contribution in [0.15, 0.2) is 6.07 Å². The van der Waals surface area contributed by atoms with E-state index in [1.807, 2.05) is 24.8 Å². The van der Waals surface area contributed by atoms with Crippen molar-refractivity contribution in [2.24, 2.45) is 7.05 Å². The van der Waals surface area contributed by atoms with Gasteiger partial charge in [0.1, 0.15) is 11.6 Å². The third kappa shape index (κ3) is 1.37. The van der Waals surface area contributed by atoms with E-state index >= 15 is 0 Å². The molecule has 0 unspecified atom stereocenters. The van der Waals surface area contributed by atoms with Crippen molar-refractivity contribution < 1.29 is 0 Å². The SMILES string of the molecule is CNc1cc(NC2CC2)nn1C. The Morgan fingerprint density at radius 2 is 2.33 bits per heavy atom. The first kappa shape index (κ1) is 7.46. The van der Waals surface area contributed by atoms with Crippen LogP contribution in [0.3, 0.4) is 0 Å². The molecule has 0 atom stereocenters. The number of hydrogen-bond donors (Lipinski definition) is 2. The van der Waals surface area contributed by atoms with Gasteiger partial charge in [-0.2, -0.15) is 5.10 Å². The molecule has 1 aromatic rings. The van der Waals surface area contributed by atoms with Gasteiger partial charge in [0.15, 0.2) is 0 Å². The summed E-state index contributed by atoms with van der Waals surface area (Å²) in [4.78, 5) is 0. The first-order valence-corrected chi connectivity index (χ1v) is 4.28. The maximum atomic E-state index is 4.30. The zero-order valence-corrected chi connectivity index (χ0v) is 7.46. The van der Waals surface area contributed by atoms with Crippen LogP contribution < -0.4 is 10.6 Å². The molecular formula is C8H14N4. The van der Waals surface area contributed by atoms with Gasteiger partial charge in [-0.05, 0) is 12.8 Å². The van der Waals surface area contributed by atoms with Crippen LogP contribution in [0.4, 0.5) is 11.6 Å². The predicted molar refractivity (Wildman–Crippen MR) is 49.4 cm³/mol. The maximum absolute atomic E-state index is 4.30. The molecule has 1 aromatic heterocycles. The van der Waals surface area contributed by atoms with Crippen molar-refractivity contribution in [3.63, 3.8) is 0 Å². The molecule has 2 N–H and O–H groups in total. The molecule has 1 aliphatic rings. The summed E-state index contributed by atoms with van der Waals surface area (Å²) in [7, 11) is 3.84. The van der Waals surface area contributed by atoms with Crippen LogP contribution in [0.2, 0.25) is 0 Å².